The topological polar surface area (TPSA) is 58.6 Å². The van der Waals surface area contributed by atoms with E-state index in [1.54, 1.807) is 18.2 Å². The van der Waals surface area contributed by atoms with Crippen LogP contribution in [-0.2, 0) is 4.79 Å². The quantitative estimate of drug-likeness (QED) is 0.440. The van der Waals surface area contributed by atoms with E-state index >= 15 is 0 Å². The highest BCUT2D eigenvalue weighted by molar-refractivity contribution is 9.09. The zero-order valence-electron chi connectivity index (χ0n) is 10.4. The number of anilines is 1. The fraction of sp³-hybridized carbons (Fsp3) is 0.462. The molecule has 1 aromatic rings. The third-order valence-electron chi connectivity index (χ3n) is 2.50. The molecule has 0 saturated carbocycles. The molecule has 0 fully saturated rings. The minimum atomic E-state index is -0.595. The van der Waals surface area contributed by atoms with Crippen LogP contribution in [0.2, 0.25) is 0 Å². The van der Waals surface area contributed by atoms with Crippen LogP contribution in [0.3, 0.4) is 0 Å². The first-order valence-corrected chi connectivity index (χ1v) is 7.06. The summed E-state index contributed by atoms with van der Waals surface area (Å²) in [6.07, 6.45) is 2.03. The number of aliphatic hydroxyl groups is 1. The Morgan fingerprint density at radius 3 is 2.94 bits per heavy atom. The highest BCUT2D eigenvalue weighted by Crippen LogP contribution is 2.28. The summed E-state index contributed by atoms with van der Waals surface area (Å²) in [4.78, 5) is 10.6. The summed E-state index contributed by atoms with van der Waals surface area (Å²) in [6.45, 7) is 2.70. The number of halogens is 1. The monoisotopic (exact) mass is 315 g/mol. The van der Waals surface area contributed by atoms with E-state index in [1.807, 2.05) is 0 Å². The Labute approximate surface area is 115 Å². The molecular formula is C13H18BrNO3. The van der Waals surface area contributed by atoms with Gasteiger partial charge in [-0.15, -0.1) is 0 Å². The molecule has 0 aliphatic carbocycles. The van der Waals surface area contributed by atoms with E-state index < -0.39 is 6.10 Å². The van der Waals surface area contributed by atoms with Crippen LogP contribution >= 0.6 is 15.9 Å². The molecule has 2 N–H and O–H groups in total. The first-order chi connectivity index (χ1) is 8.72. The minimum absolute atomic E-state index is 0.448. The third-order valence-corrected chi connectivity index (χ3v) is 3.12. The number of benzene rings is 1. The van der Waals surface area contributed by atoms with Crippen molar-refractivity contribution < 1.29 is 14.6 Å². The van der Waals surface area contributed by atoms with Crippen molar-refractivity contribution in [2.24, 2.45) is 0 Å². The number of ether oxygens (including phenoxy) is 1. The Morgan fingerprint density at radius 2 is 2.33 bits per heavy atom. The molecule has 1 rings (SSSR count). The second kappa shape index (κ2) is 8.11. The highest BCUT2D eigenvalue weighted by atomic mass is 79.9. The van der Waals surface area contributed by atoms with Crippen LogP contribution < -0.4 is 10.1 Å². The summed E-state index contributed by atoms with van der Waals surface area (Å²) in [5.41, 5.74) is 1.32. The number of hydrogen-bond acceptors (Lipinski definition) is 3. The molecule has 1 amide bonds. The zero-order chi connectivity index (χ0) is 13.4. The maximum Gasteiger partial charge on any atom is 0.211 e. The Balaban J connectivity index is 2.85. The van der Waals surface area contributed by atoms with E-state index in [4.69, 9.17) is 4.74 Å². The molecule has 1 atom stereocenters. The number of hydrogen-bond donors (Lipinski definition) is 2. The van der Waals surface area contributed by atoms with Crippen LogP contribution in [0.15, 0.2) is 18.2 Å². The Hall–Kier alpha value is -1.07. The van der Waals surface area contributed by atoms with Crippen molar-refractivity contribution in [1.29, 1.82) is 0 Å². The average Bonchev–Trinajstić information content (AvgIpc) is 2.40. The van der Waals surface area contributed by atoms with Gasteiger partial charge < -0.3 is 15.2 Å². The standard InChI is InChI=1S/C13H18BrNO3/c1-2-3-6-18-13-5-4-10(12(17)8-14)7-11(13)15-9-16/h4-5,7,9,12,17H,2-3,6,8H2,1H3,(H,15,16)/t12-/m0/s1. The van der Waals surface area contributed by atoms with Gasteiger partial charge in [0.2, 0.25) is 6.41 Å². The smallest absolute Gasteiger partial charge is 0.211 e. The molecule has 0 aliphatic heterocycles. The van der Waals surface area contributed by atoms with Gasteiger partial charge in [-0.2, -0.15) is 0 Å². The summed E-state index contributed by atoms with van der Waals surface area (Å²) in [5.74, 6) is 0.626. The predicted molar refractivity (Wildman–Crippen MR) is 75.3 cm³/mol. The maximum atomic E-state index is 10.6. The zero-order valence-corrected chi connectivity index (χ0v) is 11.9. The van der Waals surface area contributed by atoms with Gasteiger partial charge in [0.25, 0.3) is 0 Å². The van der Waals surface area contributed by atoms with Gasteiger partial charge in [-0.05, 0) is 24.1 Å². The van der Waals surface area contributed by atoms with E-state index in [1.165, 1.54) is 0 Å². The molecule has 0 saturated heterocycles. The van der Waals surface area contributed by atoms with Crippen molar-refractivity contribution in [3.05, 3.63) is 23.8 Å². The van der Waals surface area contributed by atoms with E-state index in [0.29, 0.717) is 29.8 Å². The first-order valence-electron chi connectivity index (χ1n) is 5.93. The lowest BCUT2D eigenvalue weighted by Crippen LogP contribution is -2.05. The van der Waals surface area contributed by atoms with Crippen LogP contribution in [-0.4, -0.2) is 23.5 Å². The molecule has 0 unspecified atom stereocenters. The van der Waals surface area contributed by atoms with Gasteiger partial charge in [-0.3, -0.25) is 4.79 Å². The van der Waals surface area contributed by atoms with Crippen molar-refractivity contribution in [3.63, 3.8) is 0 Å². The van der Waals surface area contributed by atoms with Crippen molar-refractivity contribution in [2.75, 3.05) is 17.3 Å². The molecule has 0 aliphatic rings. The van der Waals surface area contributed by atoms with E-state index in [-0.39, 0.29) is 0 Å². The van der Waals surface area contributed by atoms with Crippen LogP contribution in [0, 0.1) is 0 Å². The van der Waals surface area contributed by atoms with Gasteiger partial charge in [0, 0.05) is 5.33 Å². The average molecular weight is 316 g/mol. The van der Waals surface area contributed by atoms with Crippen molar-refractivity contribution >= 4 is 28.0 Å². The number of aliphatic hydroxyl groups excluding tert-OH is 1. The number of unbranched alkanes of at least 4 members (excludes halogenated alkanes) is 1. The third kappa shape index (κ3) is 4.31. The van der Waals surface area contributed by atoms with Gasteiger partial charge in [-0.25, -0.2) is 0 Å². The van der Waals surface area contributed by atoms with Crippen molar-refractivity contribution in [1.82, 2.24) is 0 Å². The van der Waals surface area contributed by atoms with Gasteiger partial charge in [-0.1, -0.05) is 35.3 Å². The lowest BCUT2D eigenvalue weighted by atomic mass is 10.1. The summed E-state index contributed by atoms with van der Waals surface area (Å²) in [7, 11) is 0. The van der Waals surface area contributed by atoms with E-state index in [0.717, 1.165) is 18.4 Å². The molecule has 4 nitrogen and oxygen atoms in total. The number of rotatable bonds is 8. The molecule has 100 valence electrons. The fourth-order valence-corrected chi connectivity index (χ4v) is 1.85. The minimum Gasteiger partial charge on any atom is -0.491 e. The molecule has 0 spiro atoms. The van der Waals surface area contributed by atoms with Crippen molar-refractivity contribution in [2.45, 2.75) is 25.9 Å². The Bertz CT molecular complexity index is 384. The normalized spacial score (nSPS) is 11.9. The van der Waals surface area contributed by atoms with Gasteiger partial charge in [0.15, 0.2) is 0 Å². The van der Waals surface area contributed by atoms with Crippen LogP contribution in [0.25, 0.3) is 0 Å². The second-order valence-electron chi connectivity index (χ2n) is 3.89. The summed E-state index contributed by atoms with van der Waals surface area (Å²) >= 11 is 3.21. The van der Waals surface area contributed by atoms with Crippen LogP contribution in [0.4, 0.5) is 5.69 Å². The van der Waals surface area contributed by atoms with Crippen molar-refractivity contribution in [3.8, 4) is 5.75 Å². The Morgan fingerprint density at radius 1 is 1.56 bits per heavy atom. The second-order valence-corrected chi connectivity index (χ2v) is 4.54. The number of nitrogens with one attached hydrogen (secondary N) is 1. The molecule has 1 aromatic carbocycles. The Kier molecular flexibility index (Phi) is 6.75. The number of amides is 1. The summed E-state index contributed by atoms with van der Waals surface area (Å²) in [6, 6.07) is 5.29. The largest absolute Gasteiger partial charge is 0.491 e. The lowest BCUT2D eigenvalue weighted by Gasteiger charge is -2.14. The predicted octanol–water partition coefficient (Wildman–Crippen LogP) is 2.86. The summed E-state index contributed by atoms with van der Waals surface area (Å²) in [5, 5.41) is 12.8. The van der Waals surface area contributed by atoms with Crippen LogP contribution in [0.1, 0.15) is 31.4 Å². The van der Waals surface area contributed by atoms with Gasteiger partial charge in [0.05, 0.1) is 18.4 Å². The number of carbonyl (C=O) groups excluding carboxylic acids is 1. The molecule has 0 heterocycles. The maximum absolute atomic E-state index is 10.6. The molecule has 18 heavy (non-hydrogen) atoms. The molecular weight excluding hydrogens is 298 g/mol. The van der Waals surface area contributed by atoms with E-state index in [2.05, 4.69) is 28.2 Å². The summed E-state index contributed by atoms with van der Waals surface area (Å²) < 4.78 is 5.58. The molecule has 0 aromatic heterocycles. The molecule has 0 radical (unpaired) electrons. The number of alkyl halides is 1. The SMILES string of the molecule is CCCCOc1ccc([C@@H](O)CBr)cc1NC=O. The molecule has 0 bridgehead atoms. The van der Waals surface area contributed by atoms with Crippen LogP contribution in [0.5, 0.6) is 5.75 Å². The lowest BCUT2D eigenvalue weighted by molar-refractivity contribution is -0.105. The molecule has 5 heteroatoms. The number of carbonyl (C=O) groups is 1. The first kappa shape index (κ1) is 15.0. The highest BCUT2D eigenvalue weighted by Gasteiger charge is 2.10. The van der Waals surface area contributed by atoms with Gasteiger partial charge >= 0.3 is 0 Å². The fourth-order valence-electron chi connectivity index (χ4n) is 1.47. The van der Waals surface area contributed by atoms with Gasteiger partial charge in [0.1, 0.15) is 5.75 Å². The van der Waals surface area contributed by atoms with E-state index in [9.17, 15) is 9.90 Å².